The maximum atomic E-state index is 2.54. The molecule has 114 valence electrons. The van der Waals surface area contributed by atoms with Gasteiger partial charge in [-0.3, -0.25) is 0 Å². The molecule has 0 nitrogen and oxygen atoms in total. The largest absolute Gasteiger partial charge is 0.178 e. The molecule has 0 radical (unpaired) electrons. The predicted molar refractivity (Wildman–Crippen MR) is 108 cm³/mol. The lowest BCUT2D eigenvalue weighted by Crippen LogP contribution is -2.27. The van der Waals surface area contributed by atoms with Crippen molar-refractivity contribution in [1.29, 1.82) is 0 Å². The molecule has 0 aromatic heterocycles. The van der Waals surface area contributed by atoms with Gasteiger partial charge in [-0.25, -0.2) is 0 Å². The molecule has 3 aromatic carbocycles. The van der Waals surface area contributed by atoms with Crippen molar-refractivity contribution in [2.45, 2.75) is 0 Å². The van der Waals surface area contributed by atoms with Crippen LogP contribution >= 0.6 is 14.5 Å². The van der Waals surface area contributed by atoms with Crippen LogP contribution in [0.15, 0.2) is 84.9 Å². The van der Waals surface area contributed by atoms with E-state index in [1.54, 1.807) is 21.2 Å². The molecule has 0 saturated heterocycles. The van der Waals surface area contributed by atoms with Crippen molar-refractivity contribution in [3.63, 3.8) is 0 Å². The third-order valence-electron chi connectivity index (χ3n) is 5.16. The lowest BCUT2D eigenvalue weighted by Gasteiger charge is -2.19. The van der Waals surface area contributed by atoms with Gasteiger partial charge < -0.3 is 0 Å². The van der Waals surface area contributed by atoms with Crippen molar-refractivity contribution in [1.82, 2.24) is 0 Å². The van der Waals surface area contributed by atoms with E-state index in [4.69, 9.17) is 0 Å². The standard InChI is InChI=1S/C21H22P2/c1-22(18-11-5-3-6-12-18)17-23(2,19-13-7-4-8-14-19)21-16-10-9-15-20(21)22/h3-16H,17H2,1-2H3/q+2. The minimum Gasteiger partial charge on any atom is -0.0620 e. The number of hydrogen-bond donors (Lipinski definition) is 0. The summed E-state index contributed by atoms with van der Waals surface area (Å²) in [6.45, 7) is 5.07. The first-order valence-corrected chi connectivity index (χ1v) is 12.9. The fourth-order valence-electron chi connectivity index (χ4n) is 3.97. The van der Waals surface area contributed by atoms with Gasteiger partial charge >= 0.3 is 0 Å². The van der Waals surface area contributed by atoms with E-state index >= 15 is 0 Å². The van der Waals surface area contributed by atoms with Gasteiger partial charge in [-0.05, 0) is 36.4 Å². The maximum absolute atomic E-state index is 2.54. The first-order chi connectivity index (χ1) is 11.1. The molecule has 1 aliphatic heterocycles. The predicted octanol–water partition coefficient (Wildman–Crippen LogP) is 3.85. The molecule has 3 aromatic rings. The number of benzene rings is 3. The summed E-state index contributed by atoms with van der Waals surface area (Å²) in [5.74, 6) is 1.33. The third kappa shape index (κ3) is 2.28. The fourth-order valence-corrected chi connectivity index (χ4v) is 16.6. The van der Waals surface area contributed by atoms with Gasteiger partial charge in [-0.2, -0.15) is 0 Å². The molecule has 23 heavy (non-hydrogen) atoms. The summed E-state index contributed by atoms with van der Waals surface area (Å²) >= 11 is 0. The fraction of sp³-hybridized carbons (Fsp3) is 0.143. The summed E-state index contributed by atoms with van der Waals surface area (Å²) in [5.41, 5.74) is 0. The number of rotatable bonds is 2. The Morgan fingerprint density at radius 3 is 1.26 bits per heavy atom. The second-order valence-corrected chi connectivity index (χ2v) is 14.6. The molecule has 0 amide bonds. The van der Waals surface area contributed by atoms with Crippen LogP contribution in [0.3, 0.4) is 0 Å². The van der Waals surface area contributed by atoms with E-state index in [1.165, 1.54) is 5.90 Å². The number of fused-ring (bicyclic) bond motifs is 1. The van der Waals surface area contributed by atoms with Gasteiger partial charge in [0.15, 0.2) is 5.90 Å². The zero-order valence-electron chi connectivity index (χ0n) is 13.7. The summed E-state index contributed by atoms with van der Waals surface area (Å²) in [6.07, 6.45) is 0. The lowest BCUT2D eigenvalue weighted by molar-refractivity contribution is 1.74. The highest BCUT2D eigenvalue weighted by Crippen LogP contribution is 2.73. The summed E-state index contributed by atoms with van der Waals surface area (Å²) in [4.78, 5) is 0. The maximum Gasteiger partial charge on any atom is 0.178 e. The molecule has 2 atom stereocenters. The topological polar surface area (TPSA) is 0 Å². The van der Waals surface area contributed by atoms with Crippen LogP contribution in [0, 0.1) is 0 Å². The van der Waals surface area contributed by atoms with Gasteiger partial charge in [0.25, 0.3) is 0 Å². The quantitative estimate of drug-likeness (QED) is 0.624. The molecule has 4 rings (SSSR count). The van der Waals surface area contributed by atoms with Crippen LogP contribution in [-0.4, -0.2) is 19.2 Å². The van der Waals surface area contributed by atoms with E-state index < -0.39 is 14.5 Å². The highest BCUT2D eigenvalue weighted by molar-refractivity contribution is 8.08. The lowest BCUT2D eigenvalue weighted by atomic mass is 10.4. The Bertz CT molecular complexity index is 758. The van der Waals surface area contributed by atoms with Crippen molar-refractivity contribution < 1.29 is 0 Å². The molecular formula is C21H22P2+2. The van der Waals surface area contributed by atoms with Gasteiger partial charge in [0.1, 0.15) is 35.7 Å². The highest BCUT2D eigenvalue weighted by atomic mass is 31.2. The molecule has 0 aliphatic carbocycles. The molecule has 0 fully saturated rings. The average molecular weight is 336 g/mol. The molecule has 0 bridgehead atoms. The normalized spacial score (nSPS) is 26.0. The zero-order valence-corrected chi connectivity index (χ0v) is 15.5. The first-order valence-electron chi connectivity index (χ1n) is 8.07. The number of hydrogen-bond acceptors (Lipinski definition) is 0. The van der Waals surface area contributed by atoms with Crippen molar-refractivity contribution in [3.8, 4) is 0 Å². The summed E-state index contributed by atoms with van der Waals surface area (Å²) < 4.78 is 0. The van der Waals surface area contributed by atoms with Gasteiger partial charge in [0, 0.05) is 0 Å². The molecule has 2 heteroatoms. The van der Waals surface area contributed by atoms with Crippen molar-refractivity contribution in [2.24, 2.45) is 0 Å². The smallest absolute Gasteiger partial charge is 0.0620 e. The minimum atomic E-state index is -1.30. The van der Waals surface area contributed by atoms with Gasteiger partial charge in [0.05, 0.1) is 13.3 Å². The highest BCUT2D eigenvalue weighted by Gasteiger charge is 2.61. The van der Waals surface area contributed by atoms with E-state index in [1.807, 2.05) is 0 Å². The van der Waals surface area contributed by atoms with Crippen LogP contribution in [0.1, 0.15) is 0 Å². The molecule has 0 spiro atoms. The summed E-state index contributed by atoms with van der Waals surface area (Å²) in [5, 5.41) is 6.36. The van der Waals surface area contributed by atoms with Crippen LogP contribution in [0.4, 0.5) is 0 Å². The van der Waals surface area contributed by atoms with E-state index in [0.717, 1.165) is 0 Å². The van der Waals surface area contributed by atoms with E-state index in [0.29, 0.717) is 0 Å². The van der Waals surface area contributed by atoms with Crippen LogP contribution in [0.5, 0.6) is 0 Å². The Kier molecular flexibility index (Phi) is 3.64. The van der Waals surface area contributed by atoms with E-state index in [9.17, 15) is 0 Å². The monoisotopic (exact) mass is 336 g/mol. The minimum absolute atomic E-state index is 1.30. The third-order valence-corrected chi connectivity index (χ3v) is 15.6. The molecule has 2 unspecified atom stereocenters. The SMILES string of the molecule is C[P+]1(c2ccccc2)C[P+](C)(c2ccccc2)c2ccccc21. The van der Waals surface area contributed by atoms with Crippen molar-refractivity contribution in [2.75, 3.05) is 19.2 Å². The molecule has 0 saturated carbocycles. The summed E-state index contributed by atoms with van der Waals surface area (Å²) in [6, 6.07) is 31.6. The Hall–Kier alpha value is -1.48. The second-order valence-electron chi connectivity index (χ2n) is 6.68. The Morgan fingerprint density at radius 1 is 0.522 bits per heavy atom. The molecule has 1 aliphatic rings. The van der Waals surface area contributed by atoms with Gasteiger partial charge in [0.2, 0.25) is 0 Å². The Morgan fingerprint density at radius 2 is 0.870 bits per heavy atom. The van der Waals surface area contributed by atoms with Gasteiger partial charge in [-0.15, -0.1) is 0 Å². The second kappa shape index (κ2) is 5.55. The van der Waals surface area contributed by atoms with E-state index in [2.05, 4.69) is 98.3 Å². The van der Waals surface area contributed by atoms with E-state index in [-0.39, 0.29) is 0 Å². The van der Waals surface area contributed by atoms with Crippen LogP contribution < -0.4 is 21.2 Å². The van der Waals surface area contributed by atoms with Crippen molar-refractivity contribution >= 4 is 35.7 Å². The van der Waals surface area contributed by atoms with Crippen LogP contribution in [0.2, 0.25) is 0 Å². The Balaban J connectivity index is 1.95. The molecule has 0 N–H and O–H groups in total. The zero-order chi connectivity index (χ0) is 15.9. The first kappa shape index (κ1) is 15.1. The Labute approximate surface area is 140 Å². The van der Waals surface area contributed by atoms with Gasteiger partial charge in [-0.1, -0.05) is 48.5 Å². The molecule has 1 heterocycles. The van der Waals surface area contributed by atoms with Crippen LogP contribution in [-0.2, 0) is 0 Å². The molecular weight excluding hydrogens is 314 g/mol. The van der Waals surface area contributed by atoms with Crippen molar-refractivity contribution in [3.05, 3.63) is 84.9 Å². The van der Waals surface area contributed by atoms with Crippen LogP contribution in [0.25, 0.3) is 0 Å². The average Bonchev–Trinajstić information content (AvgIpc) is 2.87. The summed E-state index contributed by atoms with van der Waals surface area (Å²) in [7, 11) is -2.60.